The Labute approximate surface area is 381 Å². The van der Waals surface area contributed by atoms with E-state index in [2.05, 4.69) is 30.3 Å². The highest BCUT2D eigenvalue weighted by Gasteiger charge is 2.21. The highest BCUT2D eigenvalue weighted by molar-refractivity contribution is 6.10. The van der Waals surface area contributed by atoms with Gasteiger partial charge in [0.2, 0.25) is 11.9 Å². The van der Waals surface area contributed by atoms with Gasteiger partial charge in [-0.1, -0.05) is 176 Å². The van der Waals surface area contributed by atoms with Crippen LogP contribution in [0.15, 0.2) is 224 Å². The van der Waals surface area contributed by atoms with Crippen molar-refractivity contribution in [3.05, 3.63) is 224 Å². The van der Waals surface area contributed by atoms with Crippen molar-refractivity contribution in [3.63, 3.8) is 0 Å². The minimum absolute atomic E-state index is 0.152. The van der Waals surface area contributed by atoms with E-state index in [4.69, 9.17) is 31.4 Å². The fourth-order valence-electron chi connectivity index (χ4n) is 8.01. The summed E-state index contributed by atoms with van der Waals surface area (Å²) in [6.45, 7) is 0. The lowest BCUT2D eigenvalue weighted by atomic mass is 9.92. The Balaban J connectivity index is 1.18. The van der Waals surface area contributed by atoms with E-state index in [-0.39, 0.29) is 49.4 Å². The van der Waals surface area contributed by atoms with Crippen molar-refractivity contribution in [2.75, 3.05) is 0 Å². The summed E-state index contributed by atoms with van der Waals surface area (Å²) in [6.07, 6.45) is 0. The van der Waals surface area contributed by atoms with Crippen LogP contribution >= 0.6 is 0 Å². The molecule has 5 heteroatoms. The highest BCUT2D eigenvalue weighted by Crippen LogP contribution is 2.37. The molecule has 0 saturated heterocycles. The van der Waals surface area contributed by atoms with Gasteiger partial charge in [0.05, 0.1) is 44.0 Å². The van der Waals surface area contributed by atoms with Gasteiger partial charge in [0.25, 0.3) is 0 Å². The largest absolute Gasteiger partial charge is 0.278 e. The molecule has 0 aliphatic heterocycles. The van der Waals surface area contributed by atoms with Crippen molar-refractivity contribution in [1.82, 2.24) is 24.1 Å². The van der Waals surface area contributed by atoms with Gasteiger partial charge >= 0.3 is 0 Å². The van der Waals surface area contributed by atoms with E-state index < -0.39 is 109 Å². The van der Waals surface area contributed by atoms with Crippen LogP contribution in [-0.4, -0.2) is 24.1 Å². The molecule has 62 heavy (non-hydrogen) atoms. The van der Waals surface area contributed by atoms with Crippen LogP contribution < -0.4 is 0 Å². The van der Waals surface area contributed by atoms with Gasteiger partial charge in [-0.15, -0.1) is 0 Å². The van der Waals surface area contributed by atoms with Gasteiger partial charge in [0.1, 0.15) is 0 Å². The van der Waals surface area contributed by atoms with E-state index in [1.54, 1.807) is 18.2 Å². The lowest BCUT2D eigenvalue weighted by Crippen LogP contribution is -2.10. The zero-order valence-electron chi connectivity index (χ0n) is 48.4. The first-order valence-corrected chi connectivity index (χ1v) is 19.6. The van der Waals surface area contributed by atoms with Crippen molar-refractivity contribution in [1.29, 1.82) is 0 Å². The predicted octanol–water partition coefficient (Wildman–Crippen LogP) is 14.4. The third-order valence-electron chi connectivity index (χ3n) is 10.9. The number of rotatable bonds is 7. The molecule has 3 aromatic heterocycles. The Kier molecular flexibility index (Phi) is 5.41. The molecule has 12 aromatic rings. The SMILES string of the molecule is [2H]c1c([2H])c([2H])c2c(c1[2H])c1c([2H])c([2H])c([2H])c([2H])c1n2-c1nc(-c2cccc(-c3cc(-c4ccccc4)cc(-c4ccc(-c5ccccc5)cc4)c3)c2)nc(-n2c3c([2H])c([2H])c([2H])c([2H])c3c3c([2H])c([2H])c([2H])c([2H])c32)n1. The zero-order valence-corrected chi connectivity index (χ0v) is 32.4. The maximum Gasteiger partial charge on any atom is 0.240 e. The summed E-state index contributed by atoms with van der Waals surface area (Å²) in [7, 11) is 0. The maximum atomic E-state index is 9.27. The van der Waals surface area contributed by atoms with Crippen LogP contribution in [0.25, 0.3) is 111 Å². The third kappa shape index (κ3) is 6.06. The fraction of sp³-hybridized carbons (Fsp3) is 0. The molecule has 9 aromatic carbocycles. The van der Waals surface area contributed by atoms with Crippen LogP contribution in [0.3, 0.4) is 0 Å². The Hall–Kier alpha value is -8.41. The average Bonchev–Trinajstić information content (AvgIpc) is 3.91. The standard InChI is InChI=1S/C57H37N5/c1-3-16-38(17-4-1)40-30-32-41(33-31-40)45-35-44(39-18-5-2-6-19-39)36-46(37-45)42-20-15-21-43(34-42)55-58-56(61-51-26-11-7-22-47(51)48-23-8-12-27-52(48)61)60-57(59-55)62-53-28-13-9-24-49(53)50-25-10-14-29-54(50)62/h1-37H/i7D,8D,9D,10D,11D,12D,13D,14D,22D,23D,24D,25D,26D,27D,28D,29D. The van der Waals surface area contributed by atoms with Gasteiger partial charge in [-0.3, -0.25) is 9.13 Å². The molecular weight excluding hydrogens is 755 g/mol. The smallest absolute Gasteiger partial charge is 0.240 e. The Morgan fingerprint density at radius 3 is 1.06 bits per heavy atom. The van der Waals surface area contributed by atoms with Crippen molar-refractivity contribution in [2.45, 2.75) is 0 Å². The van der Waals surface area contributed by atoms with Crippen LogP contribution in [0.5, 0.6) is 0 Å². The van der Waals surface area contributed by atoms with Gasteiger partial charge in [-0.2, -0.15) is 15.0 Å². The Morgan fingerprint density at radius 1 is 0.290 bits per heavy atom. The molecule has 0 aliphatic rings. The summed E-state index contributed by atoms with van der Waals surface area (Å²) in [6, 6.07) is 30.9. The summed E-state index contributed by atoms with van der Waals surface area (Å²) < 4.78 is 145. The lowest BCUT2D eigenvalue weighted by Gasteiger charge is -2.14. The lowest BCUT2D eigenvalue weighted by molar-refractivity contribution is 0.893. The second kappa shape index (κ2) is 14.7. The molecule has 0 unspecified atom stereocenters. The van der Waals surface area contributed by atoms with E-state index in [1.807, 2.05) is 78.9 Å². The van der Waals surface area contributed by atoms with E-state index in [0.29, 0.717) is 11.1 Å². The minimum Gasteiger partial charge on any atom is -0.278 e. The Bertz CT molecular complexity index is 4230. The van der Waals surface area contributed by atoms with Gasteiger partial charge in [-0.25, -0.2) is 0 Å². The third-order valence-corrected chi connectivity index (χ3v) is 10.9. The molecule has 12 rings (SSSR count). The van der Waals surface area contributed by atoms with Crippen LogP contribution in [-0.2, 0) is 0 Å². The summed E-state index contributed by atoms with van der Waals surface area (Å²) in [5, 5.41) is -1.07. The van der Waals surface area contributed by atoms with Crippen molar-refractivity contribution in [2.24, 2.45) is 0 Å². The summed E-state index contributed by atoms with van der Waals surface area (Å²) in [4.78, 5) is 14.7. The molecule has 0 fully saturated rings. The molecule has 0 saturated carbocycles. The van der Waals surface area contributed by atoms with E-state index >= 15 is 0 Å². The quantitative estimate of drug-likeness (QED) is 0.161. The van der Waals surface area contributed by atoms with Crippen LogP contribution in [0.4, 0.5) is 0 Å². The number of nitrogens with zero attached hydrogens (tertiary/aromatic N) is 5. The predicted molar refractivity (Wildman–Crippen MR) is 256 cm³/mol. The van der Waals surface area contributed by atoms with Crippen molar-refractivity contribution >= 4 is 43.6 Å². The molecule has 0 N–H and O–H groups in total. The summed E-state index contributed by atoms with van der Waals surface area (Å²) in [5.41, 5.74) is 6.29. The zero-order chi connectivity index (χ0) is 54.9. The molecule has 0 aliphatic carbocycles. The molecule has 0 amide bonds. The van der Waals surface area contributed by atoms with Crippen molar-refractivity contribution in [3.8, 4) is 67.8 Å². The molecular formula is C57H37N5. The van der Waals surface area contributed by atoms with Crippen LogP contribution in [0.2, 0.25) is 0 Å². The average molecular weight is 808 g/mol. The van der Waals surface area contributed by atoms with Crippen LogP contribution in [0.1, 0.15) is 21.9 Å². The molecule has 0 bridgehead atoms. The Morgan fingerprint density at radius 2 is 0.613 bits per heavy atom. The minimum atomic E-state index is -0.701. The topological polar surface area (TPSA) is 48.5 Å². The van der Waals surface area contributed by atoms with Gasteiger partial charge in [0, 0.05) is 27.1 Å². The molecule has 3 heterocycles. The number of fused-ring (bicyclic) bond motifs is 6. The van der Waals surface area contributed by atoms with Gasteiger partial charge in [-0.05, 0) is 92.9 Å². The van der Waals surface area contributed by atoms with Crippen LogP contribution in [0, 0.1) is 0 Å². The maximum absolute atomic E-state index is 9.27. The number of hydrogen-bond acceptors (Lipinski definition) is 3. The monoisotopic (exact) mass is 807 g/mol. The van der Waals surface area contributed by atoms with E-state index in [9.17, 15) is 5.48 Å². The first kappa shape index (κ1) is 22.8. The first-order valence-electron chi connectivity index (χ1n) is 27.6. The number of para-hydroxylation sites is 4. The summed E-state index contributed by atoms with van der Waals surface area (Å²) in [5.74, 6) is -1.10. The second-order valence-electron chi connectivity index (χ2n) is 14.5. The molecule has 0 atom stereocenters. The normalized spacial score (nSPS) is 15.2. The highest BCUT2D eigenvalue weighted by atomic mass is 15.3. The molecule has 0 spiro atoms. The van der Waals surface area contributed by atoms with Gasteiger partial charge < -0.3 is 0 Å². The van der Waals surface area contributed by atoms with E-state index in [1.165, 1.54) is 0 Å². The second-order valence-corrected chi connectivity index (χ2v) is 14.5. The number of benzene rings is 9. The number of aromatic nitrogens is 5. The number of hydrogen-bond donors (Lipinski definition) is 0. The first-order chi connectivity index (χ1) is 37.4. The molecule has 290 valence electrons. The summed E-state index contributed by atoms with van der Waals surface area (Å²) >= 11 is 0. The fourth-order valence-corrected chi connectivity index (χ4v) is 8.01. The van der Waals surface area contributed by atoms with Crippen molar-refractivity contribution < 1.29 is 21.9 Å². The van der Waals surface area contributed by atoms with Gasteiger partial charge in [0.15, 0.2) is 5.82 Å². The molecule has 0 radical (unpaired) electrons. The molecule has 5 nitrogen and oxygen atoms in total. The van der Waals surface area contributed by atoms with E-state index in [0.717, 1.165) is 48.1 Å².